The molecule has 27 heteroatoms. The van der Waals surface area contributed by atoms with Gasteiger partial charge < -0.3 is 67.8 Å². The van der Waals surface area contributed by atoms with E-state index >= 15 is 0 Å². The molecule has 0 saturated carbocycles. The molecule has 8 aliphatic rings. The van der Waals surface area contributed by atoms with E-state index in [-0.39, 0.29) is 93.2 Å². The summed E-state index contributed by atoms with van der Waals surface area (Å²) in [7, 11) is 7.50. The van der Waals surface area contributed by atoms with Crippen LogP contribution in [0.2, 0.25) is 0 Å². The van der Waals surface area contributed by atoms with Gasteiger partial charge in [-0.25, -0.2) is 14.4 Å². The number of likely N-dealkylation sites (N-methyl/N-ethyl adjacent to an activating group) is 2. The molecule has 2 amide bonds. The first kappa shape index (κ1) is 106. The van der Waals surface area contributed by atoms with Crippen LogP contribution >= 0.6 is 23.5 Å². The number of amides is 2. The number of aliphatic hydroxyl groups excluding tert-OH is 1. The molecule has 0 radical (unpaired) electrons. The molecule has 3 N–H and O–H groups in total. The minimum atomic E-state index is -1.07. The van der Waals surface area contributed by atoms with Gasteiger partial charge in [-0.15, -0.1) is 0 Å². The molecule has 744 valence electrons. The van der Waals surface area contributed by atoms with Crippen LogP contribution in [0.15, 0.2) is 185 Å². The van der Waals surface area contributed by atoms with Gasteiger partial charge in [-0.2, -0.15) is 43.6 Å². The van der Waals surface area contributed by atoms with E-state index in [2.05, 4.69) is 205 Å². The Balaban J connectivity index is 0.000000198. The molecule has 11 atom stereocenters. The van der Waals surface area contributed by atoms with E-state index in [0.29, 0.717) is 98.2 Å². The Hall–Kier alpha value is -12.5. The van der Waals surface area contributed by atoms with Crippen molar-refractivity contribution < 1.29 is 81.2 Å². The summed E-state index contributed by atoms with van der Waals surface area (Å²) in [6, 6.07) is 39.3. The zero-order valence-corrected chi connectivity index (χ0v) is 85.7. The van der Waals surface area contributed by atoms with Crippen molar-refractivity contribution >= 4 is 47.8 Å². The van der Waals surface area contributed by atoms with Gasteiger partial charge in [0.1, 0.15) is 98.6 Å². The molecule has 6 heterocycles. The van der Waals surface area contributed by atoms with Crippen molar-refractivity contribution in [3.8, 4) is 80.4 Å². The van der Waals surface area contributed by atoms with E-state index in [1.807, 2.05) is 74.1 Å². The molecule has 0 aromatic heterocycles. The van der Waals surface area contributed by atoms with Crippen LogP contribution in [0.25, 0.3) is 22.3 Å². The van der Waals surface area contributed by atoms with Crippen LogP contribution in [0.3, 0.4) is 0 Å². The summed E-state index contributed by atoms with van der Waals surface area (Å²) in [5.41, 5.74) is 22.7. The Bertz CT molecular complexity index is 6030. The van der Waals surface area contributed by atoms with E-state index in [1.165, 1.54) is 44.5 Å². The number of piperazine rings is 2. The lowest BCUT2D eigenvalue weighted by atomic mass is 9.71. The van der Waals surface area contributed by atoms with Crippen molar-refractivity contribution in [2.45, 2.75) is 198 Å². The number of thioether (sulfide) groups is 2. The molecule has 141 heavy (non-hydrogen) atoms. The largest absolute Gasteiger partial charge is 0.493 e. The lowest BCUT2D eigenvalue weighted by molar-refractivity contribution is -0.191. The van der Waals surface area contributed by atoms with Gasteiger partial charge >= 0.3 is 24.3 Å². The van der Waals surface area contributed by atoms with Crippen LogP contribution in [-0.2, 0) is 54.3 Å². The number of aryl methyl sites for hydroxylation is 2. The molecular formula is C114H134N8O17S2. The maximum Gasteiger partial charge on any atom is 0.408 e. The number of alkyl carbamates (subject to hydrolysis) is 2. The number of carbonyl (C=O) groups is 3. The molecular weight excluding hydrogens is 1820 g/mol. The highest BCUT2D eigenvalue weighted by atomic mass is 32.2. The molecule has 25 nitrogen and oxygen atoms in total. The molecule has 8 aromatic carbocycles. The second-order valence-electron chi connectivity index (χ2n) is 38.4. The number of benzene rings is 8. The summed E-state index contributed by atoms with van der Waals surface area (Å²) in [5.74, 6) is 8.24. The number of nitriles is 2. The summed E-state index contributed by atoms with van der Waals surface area (Å²) < 4.78 is 68.2. The summed E-state index contributed by atoms with van der Waals surface area (Å²) in [6.07, 6.45) is 11.8. The molecule has 4 bridgehead atoms. The molecule has 8 aromatic rings. The number of carbonyl (C=O) groups excluding carboxylic acids is 5. The second kappa shape index (κ2) is 46.9. The second-order valence-corrected chi connectivity index (χ2v) is 40.7. The average molecular weight is 1950 g/mol. The SMILES string of the molecule is C=CCOc1c(C)c(C)c(OCC=C)c2c1C[C@H]1[C@H]3c4c(cc(C)c(OC)c4OCC=C)C[C@@H]([C@H](C#N)N1[C@H]2CO)N3C.C=CCOc1c(C)c(C)c(OCC=C)c2c1C[C@H]1[C@H]3c4c(cc(C)c(OC)c4OCC=C)C[C@@H]([C@H](C#N)N1[C@H]2COC(=O)[C@@H](CSCC1c2ccccc2-c2ccccc21)NC(=O)OC(C)(C)C)N3C.CC(C)(C)OC(=O)NCCSCC1c2ccccc2-c2ccccc21.O=C=O. The van der Waals surface area contributed by atoms with Crippen molar-refractivity contribution in [2.24, 2.45) is 0 Å². The van der Waals surface area contributed by atoms with E-state index in [9.17, 15) is 30.0 Å². The van der Waals surface area contributed by atoms with Crippen molar-refractivity contribution in [1.82, 2.24) is 30.2 Å². The molecule has 0 spiro atoms. The number of hydrogen-bond acceptors (Lipinski definition) is 25. The van der Waals surface area contributed by atoms with Crippen molar-refractivity contribution in [1.29, 1.82) is 10.5 Å². The Morgan fingerprint density at radius 1 is 0.482 bits per heavy atom. The van der Waals surface area contributed by atoms with E-state index in [0.717, 1.165) is 101 Å². The van der Waals surface area contributed by atoms with E-state index < -0.39 is 53.5 Å². The highest BCUT2D eigenvalue weighted by Crippen LogP contribution is 2.61. The fraction of sp³-hybridized carbons (Fsp3) is 0.421. The molecule has 16 rings (SSSR count). The maximum atomic E-state index is 14.9. The number of aliphatic hydroxyl groups is 1. The molecule has 6 aliphatic heterocycles. The number of hydrogen-bond donors (Lipinski definition) is 3. The third-order valence-corrected chi connectivity index (χ3v) is 29.9. The predicted octanol–water partition coefficient (Wildman–Crippen LogP) is 19.6. The average Bonchev–Trinajstić information content (AvgIpc) is 1.69. The molecule has 2 aliphatic carbocycles. The van der Waals surface area contributed by atoms with Gasteiger partial charge in [0.2, 0.25) is 0 Å². The van der Waals surface area contributed by atoms with Crippen molar-refractivity contribution in [3.05, 3.63) is 285 Å². The van der Waals surface area contributed by atoms with Crippen molar-refractivity contribution in [3.63, 3.8) is 0 Å². The Kier molecular flexibility index (Phi) is 35.2. The normalized spacial score (nSPS) is 19.9. The topological polar surface area (TPSA) is 292 Å². The Morgan fingerprint density at radius 2 is 0.830 bits per heavy atom. The van der Waals surface area contributed by atoms with Gasteiger partial charge in [-0.1, -0.05) is 185 Å². The third-order valence-electron chi connectivity index (χ3n) is 27.7. The minimum absolute atomic E-state index is 0.0880. The van der Waals surface area contributed by atoms with Gasteiger partial charge in [0.05, 0.1) is 57.1 Å². The number of nitrogens with one attached hydrogen (secondary N) is 2. The molecule has 0 unspecified atom stereocenters. The summed E-state index contributed by atoms with van der Waals surface area (Å²) in [4.78, 5) is 65.4. The molecule has 2 fully saturated rings. The summed E-state index contributed by atoms with van der Waals surface area (Å²) in [5, 5.41) is 38.9. The van der Waals surface area contributed by atoms with Gasteiger partial charge in [0.15, 0.2) is 23.0 Å². The van der Waals surface area contributed by atoms with Crippen LogP contribution in [0.1, 0.15) is 178 Å². The predicted molar refractivity (Wildman–Crippen MR) is 553 cm³/mol. The van der Waals surface area contributed by atoms with E-state index in [4.69, 9.17) is 61.7 Å². The highest BCUT2D eigenvalue weighted by Gasteiger charge is 2.59. The number of methoxy groups -OCH3 is 2. The summed E-state index contributed by atoms with van der Waals surface area (Å²) in [6.45, 7) is 48.6. The van der Waals surface area contributed by atoms with Gasteiger partial charge in [0.25, 0.3) is 0 Å². The zero-order chi connectivity index (χ0) is 102. The minimum Gasteiger partial charge on any atom is -0.493 e. The smallest absolute Gasteiger partial charge is 0.408 e. The van der Waals surface area contributed by atoms with Crippen LogP contribution in [0, 0.1) is 64.2 Å². The standard InChI is InChI=1S/C57H66N4O8S.C35H43N3O5.C21H25NO2S.CO2/c1-12-23-65-52-34(5)35(6)53(66-24-13-2)49-41(52)28-45-50-48-36(26-33(4)51(64-11)54(48)67-25-14-3)27-44(60(50)10)46(29-58)61(45)47(49)30-68-55(62)43(59-56(63)69-57(7,8)9)32-70-31-42-39-21-17-15-19-37(39)38-20-16-18-22-40(38)42;1-9-12-41-33-21(5)22(6)34(42-13-10-2)30-24(33)17-26-31-29-23(15-20(4)32(40-8)35(29)43-14-11-3)16-25(37(31)7)27(18-36)38(26)28(30)19-39;1-21(2,3)24-20(23)22-12-13-25-14-19-17-10-6-4-8-15(17)16-9-5-7-11-18(16)19;2-1-3/h12-22,26,42-47,50H,1-3,23-25,27-28,30-32H2,4-11H3,(H,59,63);9-11,15,25-28,31,39H,1-3,12-14,16-17,19H2,4-8H3;4-11,19H,12-14H2,1-3H3,(H,22,23);/t43-,44+,45+,46+,47+,50+;25-,26-,27-,28-,31-;;/m10../s1. The lowest BCUT2D eigenvalue weighted by Gasteiger charge is -2.60. The number of ether oxygens (including phenoxy) is 11. The first-order valence-electron chi connectivity index (χ1n) is 48.0. The van der Waals surface area contributed by atoms with Gasteiger partial charge in [-0.3, -0.25) is 19.6 Å². The number of rotatable bonds is 34. The van der Waals surface area contributed by atoms with Gasteiger partial charge in [-0.05, 0) is 212 Å². The van der Waals surface area contributed by atoms with Gasteiger partial charge in [0, 0.05) is 98.9 Å². The van der Waals surface area contributed by atoms with Crippen LogP contribution in [-0.4, -0.2) is 213 Å². The lowest BCUT2D eigenvalue weighted by Crippen LogP contribution is -2.68. The van der Waals surface area contributed by atoms with Crippen molar-refractivity contribution in [2.75, 3.05) is 111 Å². The maximum absolute atomic E-state index is 14.9. The first-order valence-corrected chi connectivity index (χ1v) is 50.3. The fourth-order valence-electron chi connectivity index (χ4n) is 22.0. The zero-order valence-electron chi connectivity index (χ0n) is 84.1. The van der Waals surface area contributed by atoms with Crippen LogP contribution in [0.4, 0.5) is 9.59 Å². The number of fused-ring (bicyclic) bond motifs is 20. The highest BCUT2D eigenvalue weighted by molar-refractivity contribution is 7.99. The summed E-state index contributed by atoms with van der Waals surface area (Å²) >= 11 is 3.44. The number of esters is 1. The van der Waals surface area contributed by atoms with E-state index in [1.54, 1.807) is 83.2 Å². The van der Waals surface area contributed by atoms with Crippen LogP contribution < -0.4 is 48.5 Å². The quantitative estimate of drug-likeness (QED) is 0.0146. The Labute approximate surface area is 839 Å². The number of nitrogens with zero attached hydrogens (tertiary/aromatic N) is 6. The first-order chi connectivity index (χ1) is 67.8. The van der Waals surface area contributed by atoms with Crippen LogP contribution in [0.5, 0.6) is 46.0 Å². The molecule has 2 saturated heterocycles. The fourth-order valence-corrected chi connectivity index (χ4v) is 24.2. The third kappa shape index (κ3) is 21.9. The monoisotopic (exact) mass is 1950 g/mol. The Morgan fingerprint density at radius 3 is 1.20 bits per heavy atom.